The molecule has 2 aromatic carbocycles. The molecule has 7 heteroatoms. The molecule has 140 valence electrons. The fourth-order valence-electron chi connectivity index (χ4n) is 2.36. The van der Waals surface area contributed by atoms with Crippen LogP contribution in [0.1, 0.15) is 42.1 Å². The van der Waals surface area contributed by atoms with Crippen LogP contribution in [0.3, 0.4) is 0 Å². The van der Waals surface area contributed by atoms with Crippen LogP contribution in [-0.4, -0.2) is 20.9 Å². The Kier molecular flexibility index (Phi) is 7.29. The van der Waals surface area contributed by atoms with Gasteiger partial charge in [-0.1, -0.05) is 38.0 Å². The molecule has 0 aromatic heterocycles. The lowest BCUT2D eigenvalue weighted by Gasteiger charge is -2.09. The molecule has 0 fully saturated rings. The van der Waals surface area contributed by atoms with Crippen molar-refractivity contribution in [2.75, 3.05) is 6.54 Å². The molecule has 2 rings (SSSR count). The second kappa shape index (κ2) is 9.45. The third-order valence-electron chi connectivity index (χ3n) is 3.90. The van der Waals surface area contributed by atoms with Crippen molar-refractivity contribution in [3.63, 3.8) is 0 Å². The van der Waals surface area contributed by atoms with Gasteiger partial charge in [0.2, 0.25) is 10.0 Å². The highest BCUT2D eigenvalue weighted by Gasteiger charge is 2.15. The Morgan fingerprint density at radius 3 is 2.38 bits per heavy atom. The van der Waals surface area contributed by atoms with E-state index in [0.29, 0.717) is 12.1 Å². The first kappa shape index (κ1) is 20.1. The molecule has 0 atom stereocenters. The quantitative estimate of drug-likeness (QED) is 0.658. The number of hydrogen-bond donors (Lipinski definition) is 2. The minimum absolute atomic E-state index is 0.0244. The maximum atomic E-state index is 13.6. The van der Waals surface area contributed by atoms with Gasteiger partial charge in [0, 0.05) is 24.2 Å². The summed E-state index contributed by atoms with van der Waals surface area (Å²) in [6, 6.07) is 11.6. The fourth-order valence-corrected chi connectivity index (χ4v) is 3.37. The zero-order valence-electron chi connectivity index (χ0n) is 14.7. The fraction of sp³-hybridized carbons (Fsp3) is 0.316. The SMILES string of the molecule is CCCCCNC(=O)c1ccc(S(=O)(=O)NCc2ccccc2F)cc1. The average molecular weight is 378 g/mol. The summed E-state index contributed by atoms with van der Waals surface area (Å²) in [6.45, 7) is 2.53. The Morgan fingerprint density at radius 2 is 1.73 bits per heavy atom. The van der Waals surface area contributed by atoms with Gasteiger partial charge in [0.1, 0.15) is 5.82 Å². The van der Waals surface area contributed by atoms with Crippen LogP contribution in [0.2, 0.25) is 0 Å². The van der Waals surface area contributed by atoms with Crippen molar-refractivity contribution in [2.24, 2.45) is 0 Å². The van der Waals surface area contributed by atoms with Gasteiger partial charge in [0.05, 0.1) is 4.90 Å². The Labute approximate surface area is 153 Å². The standard InChI is InChI=1S/C19H23FN2O3S/c1-2-3-6-13-21-19(23)15-9-11-17(12-10-15)26(24,25)22-14-16-7-4-5-8-18(16)20/h4-5,7-12,22H,2-3,6,13-14H2,1H3,(H,21,23). The van der Waals surface area contributed by atoms with Gasteiger partial charge >= 0.3 is 0 Å². The van der Waals surface area contributed by atoms with Gasteiger partial charge in [-0.25, -0.2) is 17.5 Å². The maximum absolute atomic E-state index is 13.6. The van der Waals surface area contributed by atoms with Crippen molar-refractivity contribution < 1.29 is 17.6 Å². The topological polar surface area (TPSA) is 75.3 Å². The van der Waals surface area contributed by atoms with Crippen molar-refractivity contribution in [1.29, 1.82) is 0 Å². The van der Waals surface area contributed by atoms with Crippen LogP contribution in [0.5, 0.6) is 0 Å². The normalized spacial score (nSPS) is 11.3. The number of nitrogens with one attached hydrogen (secondary N) is 2. The first-order valence-corrected chi connectivity index (χ1v) is 10.0. The van der Waals surface area contributed by atoms with E-state index in [-0.39, 0.29) is 22.9 Å². The smallest absolute Gasteiger partial charge is 0.251 e. The molecule has 0 saturated heterocycles. The van der Waals surface area contributed by atoms with Gasteiger partial charge in [0.25, 0.3) is 5.91 Å². The Hall–Kier alpha value is -2.25. The minimum atomic E-state index is -3.79. The third kappa shape index (κ3) is 5.64. The molecule has 0 aliphatic rings. The number of carbonyl (C=O) groups is 1. The van der Waals surface area contributed by atoms with Crippen molar-refractivity contribution in [1.82, 2.24) is 10.0 Å². The molecule has 0 bridgehead atoms. The molecule has 0 heterocycles. The predicted molar refractivity (Wildman–Crippen MR) is 98.7 cm³/mol. The first-order chi connectivity index (χ1) is 12.4. The number of rotatable bonds is 9. The summed E-state index contributed by atoms with van der Waals surface area (Å²) < 4.78 is 40.6. The van der Waals surface area contributed by atoms with Crippen LogP contribution in [-0.2, 0) is 16.6 Å². The van der Waals surface area contributed by atoms with E-state index in [1.54, 1.807) is 12.1 Å². The summed E-state index contributed by atoms with van der Waals surface area (Å²) in [5.41, 5.74) is 0.661. The Morgan fingerprint density at radius 1 is 1.04 bits per heavy atom. The minimum Gasteiger partial charge on any atom is -0.352 e. The Bertz CT molecular complexity index is 836. The van der Waals surface area contributed by atoms with Gasteiger partial charge in [-0.05, 0) is 36.8 Å². The number of hydrogen-bond acceptors (Lipinski definition) is 3. The predicted octanol–water partition coefficient (Wildman–Crippen LogP) is 3.22. The van der Waals surface area contributed by atoms with Crippen LogP contribution < -0.4 is 10.0 Å². The molecule has 0 aliphatic carbocycles. The summed E-state index contributed by atoms with van der Waals surface area (Å²) in [5, 5.41) is 2.80. The van der Waals surface area contributed by atoms with Crippen LogP contribution in [0, 0.1) is 5.82 Å². The zero-order valence-corrected chi connectivity index (χ0v) is 15.5. The van der Waals surface area contributed by atoms with Crippen LogP contribution in [0.4, 0.5) is 4.39 Å². The molecule has 0 spiro atoms. The lowest BCUT2D eigenvalue weighted by Crippen LogP contribution is -2.25. The number of carbonyl (C=O) groups excluding carboxylic acids is 1. The van der Waals surface area contributed by atoms with Crippen LogP contribution >= 0.6 is 0 Å². The van der Waals surface area contributed by atoms with Crippen molar-refractivity contribution in [2.45, 2.75) is 37.6 Å². The molecule has 0 aliphatic heterocycles. The molecule has 5 nitrogen and oxygen atoms in total. The molecule has 0 saturated carbocycles. The van der Waals surface area contributed by atoms with E-state index in [9.17, 15) is 17.6 Å². The summed E-state index contributed by atoms with van der Waals surface area (Å²) in [7, 11) is -3.79. The van der Waals surface area contributed by atoms with Gasteiger partial charge in [0.15, 0.2) is 0 Å². The van der Waals surface area contributed by atoms with Crippen molar-refractivity contribution >= 4 is 15.9 Å². The number of unbranched alkanes of at least 4 members (excludes halogenated alkanes) is 2. The Balaban J connectivity index is 1.97. The van der Waals surface area contributed by atoms with E-state index in [1.165, 1.54) is 36.4 Å². The lowest BCUT2D eigenvalue weighted by atomic mass is 10.2. The number of halogens is 1. The van der Waals surface area contributed by atoms with E-state index in [2.05, 4.69) is 17.0 Å². The van der Waals surface area contributed by atoms with E-state index >= 15 is 0 Å². The highest BCUT2D eigenvalue weighted by Crippen LogP contribution is 2.13. The molecule has 2 aromatic rings. The molecular weight excluding hydrogens is 355 g/mol. The van der Waals surface area contributed by atoms with Crippen LogP contribution in [0.25, 0.3) is 0 Å². The summed E-state index contributed by atoms with van der Waals surface area (Å²) in [6.07, 6.45) is 3.03. The van der Waals surface area contributed by atoms with E-state index in [1.807, 2.05) is 0 Å². The monoisotopic (exact) mass is 378 g/mol. The largest absolute Gasteiger partial charge is 0.352 e. The van der Waals surface area contributed by atoms with Gasteiger partial charge in [-0.15, -0.1) is 0 Å². The third-order valence-corrected chi connectivity index (χ3v) is 5.32. The second-order valence-electron chi connectivity index (χ2n) is 5.90. The van der Waals surface area contributed by atoms with Gasteiger partial charge in [-0.2, -0.15) is 0 Å². The van der Waals surface area contributed by atoms with E-state index in [4.69, 9.17) is 0 Å². The maximum Gasteiger partial charge on any atom is 0.251 e. The molecule has 0 unspecified atom stereocenters. The molecule has 1 amide bonds. The number of sulfonamides is 1. The molecule has 26 heavy (non-hydrogen) atoms. The highest BCUT2D eigenvalue weighted by atomic mass is 32.2. The molecule has 0 radical (unpaired) electrons. The van der Waals surface area contributed by atoms with E-state index in [0.717, 1.165) is 19.3 Å². The number of benzene rings is 2. The number of amides is 1. The van der Waals surface area contributed by atoms with Gasteiger partial charge in [-0.3, -0.25) is 4.79 Å². The summed E-state index contributed by atoms with van der Waals surface area (Å²) in [4.78, 5) is 12.0. The average Bonchev–Trinajstić information content (AvgIpc) is 2.64. The molecular formula is C19H23FN2O3S. The highest BCUT2D eigenvalue weighted by molar-refractivity contribution is 7.89. The van der Waals surface area contributed by atoms with Crippen molar-refractivity contribution in [3.05, 3.63) is 65.5 Å². The van der Waals surface area contributed by atoms with Crippen molar-refractivity contribution in [3.8, 4) is 0 Å². The summed E-state index contributed by atoms with van der Waals surface area (Å²) >= 11 is 0. The first-order valence-electron chi connectivity index (χ1n) is 8.55. The van der Waals surface area contributed by atoms with Crippen LogP contribution in [0.15, 0.2) is 53.4 Å². The zero-order chi connectivity index (χ0) is 19.0. The molecule has 2 N–H and O–H groups in total. The second-order valence-corrected chi connectivity index (χ2v) is 7.67. The summed E-state index contributed by atoms with van der Waals surface area (Å²) in [5.74, 6) is -0.699. The van der Waals surface area contributed by atoms with E-state index < -0.39 is 15.8 Å². The lowest BCUT2D eigenvalue weighted by molar-refractivity contribution is 0.0953. The van der Waals surface area contributed by atoms with Gasteiger partial charge < -0.3 is 5.32 Å².